The molecule has 1 aromatic heterocycles. The standard InChI is InChI=1S/C17H24N4/c1-3-8-15-20-16(18-4-2)13-17(21-15)19-12-11-14-9-6-5-7-10-14/h5-7,9-10,13H,3-4,8,11-12H2,1-2H3,(H2,18,19,20,21). The number of benzene rings is 1. The summed E-state index contributed by atoms with van der Waals surface area (Å²) in [5, 5.41) is 6.66. The number of anilines is 2. The SMILES string of the molecule is CCCc1nc(NCC)cc(NCCc2ccccc2)n1. The maximum absolute atomic E-state index is 4.57. The lowest BCUT2D eigenvalue weighted by atomic mass is 10.1. The molecule has 21 heavy (non-hydrogen) atoms. The van der Waals surface area contributed by atoms with Crippen LogP contribution in [0.1, 0.15) is 31.7 Å². The van der Waals surface area contributed by atoms with Crippen molar-refractivity contribution in [3.8, 4) is 0 Å². The molecular weight excluding hydrogens is 260 g/mol. The Hall–Kier alpha value is -2.10. The number of aromatic nitrogens is 2. The summed E-state index contributed by atoms with van der Waals surface area (Å²) in [5.41, 5.74) is 1.33. The van der Waals surface area contributed by atoms with Gasteiger partial charge in [-0.05, 0) is 25.3 Å². The first kappa shape index (κ1) is 15.3. The van der Waals surface area contributed by atoms with Crippen molar-refractivity contribution in [3.63, 3.8) is 0 Å². The fourth-order valence-corrected chi connectivity index (χ4v) is 2.17. The van der Waals surface area contributed by atoms with Crippen LogP contribution in [0.3, 0.4) is 0 Å². The molecule has 0 aliphatic heterocycles. The van der Waals surface area contributed by atoms with Gasteiger partial charge in [0.15, 0.2) is 0 Å². The monoisotopic (exact) mass is 284 g/mol. The third-order valence-corrected chi connectivity index (χ3v) is 3.17. The molecule has 0 unspecified atom stereocenters. The highest BCUT2D eigenvalue weighted by molar-refractivity contribution is 5.47. The molecule has 4 nitrogen and oxygen atoms in total. The molecule has 2 rings (SSSR count). The normalized spacial score (nSPS) is 10.4. The van der Waals surface area contributed by atoms with Crippen molar-refractivity contribution in [1.82, 2.24) is 9.97 Å². The number of nitrogens with zero attached hydrogens (tertiary/aromatic N) is 2. The summed E-state index contributed by atoms with van der Waals surface area (Å²) in [6.07, 6.45) is 2.95. The molecule has 0 amide bonds. The van der Waals surface area contributed by atoms with Crippen LogP contribution in [0, 0.1) is 0 Å². The predicted molar refractivity (Wildman–Crippen MR) is 88.8 cm³/mol. The van der Waals surface area contributed by atoms with E-state index in [1.807, 2.05) is 12.1 Å². The van der Waals surface area contributed by atoms with E-state index in [1.54, 1.807) is 0 Å². The summed E-state index contributed by atoms with van der Waals surface area (Å²) in [6.45, 7) is 5.96. The molecule has 0 saturated carbocycles. The first-order valence-corrected chi connectivity index (χ1v) is 7.71. The smallest absolute Gasteiger partial charge is 0.133 e. The second kappa shape index (κ2) is 8.25. The number of nitrogens with one attached hydrogen (secondary N) is 2. The minimum atomic E-state index is 0.867. The lowest BCUT2D eigenvalue weighted by Crippen LogP contribution is -2.10. The van der Waals surface area contributed by atoms with Gasteiger partial charge in [0.2, 0.25) is 0 Å². The van der Waals surface area contributed by atoms with Crippen molar-refractivity contribution in [1.29, 1.82) is 0 Å². The van der Waals surface area contributed by atoms with Gasteiger partial charge in [-0.2, -0.15) is 0 Å². The van der Waals surface area contributed by atoms with Crippen LogP contribution in [-0.4, -0.2) is 23.1 Å². The molecule has 112 valence electrons. The van der Waals surface area contributed by atoms with Crippen molar-refractivity contribution >= 4 is 11.6 Å². The van der Waals surface area contributed by atoms with Gasteiger partial charge in [0, 0.05) is 25.6 Å². The highest BCUT2D eigenvalue weighted by atomic mass is 15.1. The zero-order chi connectivity index (χ0) is 14.9. The third kappa shape index (κ3) is 5.06. The second-order valence-corrected chi connectivity index (χ2v) is 5.00. The lowest BCUT2D eigenvalue weighted by Gasteiger charge is -2.10. The van der Waals surface area contributed by atoms with Gasteiger partial charge >= 0.3 is 0 Å². The number of rotatable bonds is 8. The molecule has 2 N–H and O–H groups in total. The predicted octanol–water partition coefficient (Wildman–Crippen LogP) is 3.52. The molecule has 1 aromatic carbocycles. The van der Waals surface area contributed by atoms with E-state index in [4.69, 9.17) is 0 Å². The average molecular weight is 284 g/mol. The van der Waals surface area contributed by atoms with Crippen molar-refractivity contribution in [2.75, 3.05) is 23.7 Å². The van der Waals surface area contributed by atoms with Crippen LogP contribution < -0.4 is 10.6 Å². The van der Waals surface area contributed by atoms with Crippen LogP contribution >= 0.6 is 0 Å². The van der Waals surface area contributed by atoms with Gasteiger partial charge in [0.1, 0.15) is 17.5 Å². The minimum absolute atomic E-state index is 0.867. The van der Waals surface area contributed by atoms with Crippen LogP contribution in [0.5, 0.6) is 0 Å². The third-order valence-electron chi connectivity index (χ3n) is 3.17. The fraction of sp³-hybridized carbons (Fsp3) is 0.412. The van der Waals surface area contributed by atoms with E-state index in [0.29, 0.717) is 0 Å². The molecule has 0 aliphatic carbocycles. The Balaban J connectivity index is 1.97. The summed E-state index contributed by atoms with van der Waals surface area (Å²) in [4.78, 5) is 9.09. The number of hydrogen-bond acceptors (Lipinski definition) is 4. The molecule has 0 spiro atoms. The highest BCUT2D eigenvalue weighted by Crippen LogP contribution is 2.12. The van der Waals surface area contributed by atoms with E-state index in [-0.39, 0.29) is 0 Å². The summed E-state index contributed by atoms with van der Waals surface area (Å²) in [6, 6.07) is 12.5. The van der Waals surface area contributed by atoms with Gasteiger partial charge in [0.25, 0.3) is 0 Å². The van der Waals surface area contributed by atoms with Gasteiger partial charge in [-0.3, -0.25) is 0 Å². The Kier molecular flexibility index (Phi) is 6.00. The molecule has 0 aliphatic rings. The number of aryl methyl sites for hydroxylation is 1. The van der Waals surface area contributed by atoms with Crippen molar-refractivity contribution < 1.29 is 0 Å². The average Bonchev–Trinajstić information content (AvgIpc) is 2.49. The fourth-order valence-electron chi connectivity index (χ4n) is 2.17. The molecule has 0 bridgehead atoms. The Morgan fingerprint density at radius 2 is 1.62 bits per heavy atom. The van der Waals surface area contributed by atoms with Crippen molar-refractivity contribution in [2.45, 2.75) is 33.1 Å². The van der Waals surface area contributed by atoms with Crippen LogP contribution in [0.25, 0.3) is 0 Å². The van der Waals surface area contributed by atoms with Gasteiger partial charge in [-0.1, -0.05) is 37.3 Å². The molecule has 0 fully saturated rings. The summed E-state index contributed by atoms with van der Waals surface area (Å²) in [7, 11) is 0. The maximum Gasteiger partial charge on any atom is 0.133 e. The quantitative estimate of drug-likeness (QED) is 0.779. The van der Waals surface area contributed by atoms with Gasteiger partial charge in [-0.25, -0.2) is 9.97 Å². The Morgan fingerprint density at radius 3 is 2.29 bits per heavy atom. The molecule has 4 heteroatoms. The highest BCUT2D eigenvalue weighted by Gasteiger charge is 2.03. The maximum atomic E-state index is 4.57. The van der Waals surface area contributed by atoms with E-state index < -0.39 is 0 Å². The largest absolute Gasteiger partial charge is 0.370 e. The summed E-state index contributed by atoms with van der Waals surface area (Å²) < 4.78 is 0. The Morgan fingerprint density at radius 1 is 0.905 bits per heavy atom. The Bertz CT molecular complexity index is 515. The lowest BCUT2D eigenvalue weighted by molar-refractivity contribution is 0.833. The van der Waals surface area contributed by atoms with Gasteiger partial charge in [0.05, 0.1) is 0 Å². The van der Waals surface area contributed by atoms with E-state index in [2.05, 4.69) is 58.7 Å². The first-order valence-electron chi connectivity index (χ1n) is 7.71. The van der Waals surface area contributed by atoms with Crippen molar-refractivity contribution in [2.24, 2.45) is 0 Å². The second-order valence-electron chi connectivity index (χ2n) is 5.00. The van der Waals surface area contributed by atoms with Crippen LogP contribution in [0.15, 0.2) is 36.4 Å². The van der Waals surface area contributed by atoms with E-state index in [1.165, 1.54) is 5.56 Å². The minimum Gasteiger partial charge on any atom is -0.370 e. The zero-order valence-electron chi connectivity index (χ0n) is 12.9. The van der Waals surface area contributed by atoms with E-state index in [9.17, 15) is 0 Å². The first-order chi connectivity index (χ1) is 10.3. The number of hydrogen-bond donors (Lipinski definition) is 2. The van der Waals surface area contributed by atoms with Crippen LogP contribution in [0.4, 0.5) is 11.6 Å². The molecule has 0 atom stereocenters. The zero-order valence-corrected chi connectivity index (χ0v) is 12.9. The van der Waals surface area contributed by atoms with Gasteiger partial charge < -0.3 is 10.6 Å². The summed E-state index contributed by atoms with van der Waals surface area (Å²) in [5.74, 6) is 2.71. The summed E-state index contributed by atoms with van der Waals surface area (Å²) >= 11 is 0. The molecule has 0 saturated heterocycles. The van der Waals surface area contributed by atoms with Crippen molar-refractivity contribution in [3.05, 3.63) is 47.8 Å². The van der Waals surface area contributed by atoms with E-state index >= 15 is 0 Å². The Labute approximate surface area is 127 Å². The van der Waals surface area contributed by atoms with Crippen LogP contribution in [-0.2, 0) is 12.8 Å². The van der Waals surface area contributed by atoms with Gasteiger partial charge in [-0.15, -0.1) is 0 Å². The molecular formula is C17H24N4. The molecule has 1 heterocycles. The topological polar surface area (TPSA) is 49.8 Å². The van der Waals surface area contributed by atoms with Crippen LogP contribution in [0.2, 0.25) is 0 Å². The van der Waals surface area contributed by atoms with E-state index in [0.717, 1.165) is 49.8 Å². The molecule has 0 radical (unpaired) electrons. The molecule has 2 aromatic rings.